The number of halogens is 2. The third-order valence-electron chi connectivity index (χ3n) is 1.79. The predicted molar refractivity (Wildman–Crippen MR) is 60.4 cm³/mol. The van der Waals surface area contributed by atoms with Gasteiger partial charge in [-0.25, -0.2) is 0 Å². The number of benzene rings is 1. The van der Waals surface area contributed by atoms with Gasteiger partial charge in [0, 0.05) is 22.2 Å². The van der Waals surface area contributed by atoms with Crippen LogP contribution < -0.4 is 0 Å². The van der Waals surface area contributed by atoms with Gasteiger partial charge in [0.15, 0.2) is 5.78 Å². The Morgan fingerprint density at radius 2 is 2.20 bits per heavy atom. The first-order chi connectivity index (χ1) is 6.93. The summed E-state index contributed by atoms with van der Waals surface area (Å²) in [5, 5.41) is 9.80. The van der Waals surface area contributed by atoms with Crippen molar-refractivity contribution < 1.29 is 9.72 Å². The quantitative estimate of drug-likeness (QED) is 0.372. The molecule has 1 aromatic rings. The van der Waals surface area contributed by atoms with Crippen molar-refractivity contribution in [3.05, 3.63) is 38.3 Å². The standard InChI is InChI=1S/C9H7BrClNO3/c1-5(11)9(13)7-4-6(12(14)15)2-3-8(7)10/h2-5H,1H3. The lowest BCUT2D eigenvalue weighted by Crippen LogP contribution is -2.11. The van der Waals surface area contributed by atoms with Crippen LogP contribution in [0, 0.1) is 10.1 Å². The van der Waals surface area contributed by atoms with Crippen LogP contribution in [0.5, 0.6) is 0 Å². The van der Waals surface area contributed by atoms with Gasteiger partial charge in [0.05, 0.1) is 10.3 Å². The molecule has 1 atom stereocenters. The number of rotatable bonds is 3. The molecule has 1 aromatic carbocycles. The Hall–Kier alpha value is -0.940. The fraction of sp³-hybridized carbons (Fsp3) is 0.222. The lowest BCUT2D eigenvalue weighted by Gasteiger charge is -2.04. The topological polar surface area (TPSA) is 60.2 Å². The van der Waals surface area contributed by atoms with E-state index in [-0.39, 0.29) is 17.0 Å². The smallest absolute Gasteiger partial charge is 0.270 e. The Kier molecular flexibility index (Phi) is 3.82. The molecule has 0 amide bonds. The van der Waals surface area contributed by atoms with Crippen LogP contribution in [0.4, 0.5) is 5.69 Å². The number of Topliss-reactive ketones (excluding diaryl/α,β-unsaturated/α-hetero) is 1. The van der Waals surface area contributed by atoms with Crippen molar-refractivity contribution >= 4 is 39.0 Å². The largest absolute Gasteiger partial charge is 0.292 e. The van der Waals surface area contributed by atoms with Gasteiger partial charge in [-0.3, -0.25) is 14.9 Å². The second-order valence-electron chi connectivity index (χ2n) is 2.90. The van der Waals surface area contributed by atoms with Crippen LogP contribution in [0.15, 0.2) is 22.7 Å². The average molecular weight is 293 g/mol. The van der Waals surface area contributed by atoms with E-state index in [1.54, 1.807) is 0 Å². The molecule has 0 aromatic heterocycles. The highest BCUT2D eigenvalue weighted by molar-refractivity contribution is 9.10. The highest BCUT2D eigenvalue weighted by atomic mass is 79.9. The molecule has 4 nitrogen and oxygen atoms in total. The van der Waals surface area contributed by atoms with Crippen LogP contribution in [0.25, 0.3) is 0 Å². The zero-order chi connectivity index (χ0) is 11.6. The van der Waals surface area contributed by atoms with Crippen LogP contribution in [0.1, 0.15) is 17.3 Å². The van der Waals surface area contributed by atoms with Gasteiger partial charge in [0.2, 0.25) is 0 Å². The summed E-state index contributed by atoms with van der Waals surface area (Å²) in [4.78, 5) is 21.5. The normalized spacial score (nSPS) is 12.2. The fourth-order valence-electron chi connectivity index (χ4n) is 1.03. The summed E-state index contributed by atoms with van der Waals surface area (Å²) in [6.45, 7) is 1.52. The van der Waals surface area contributed by atoms with Gasteiger partial charge in [-0.2, -0.15) is 0 Å². The first-order valence-corrected chi connectivity index (χ1v) is 5.28. The maximum atomic E-state index is 11.6. The molecule has 0 N–H and O–H groups in total. The Bertz CT molecular complexity index is 420. The lowest BCUT2D eigenvalue weighted by atomic mass is 10.1. The summed E-state index contributed by atoms with van der Waals surface area (Å²) in [7, 11) is 0. The summed E-state index contributed by atoms with van der Waals surface area (Å²) < 4.78 is 0.505. The van der Waals surface area contributed by atoms with Gasteiger partial charge in [-0.1, -0.05) is 15.9 Å². The van der Waals surface area contributed by atoms with Crippen LogP contribution in [-0.2, 0) is 0 Å². The molecule has 0 fully saturated rings. The van der Waals surface area contributed by atoms with E-state index in [1.807, 2.05) is 0 Å². The van der Waals surface area contributed by atoms with Crippen molar-refractivity contribution in [2.75, 3.05) is 0 Å². The summed E-state index contributed by atoms with van der Waals surface area (Å²) in [5.74, 6) is -0.341. The van der Waals surface area contributed by atoms with E-state index in [9.17, 15) is 14.9 Å². The van der Waals surface area contributed by atoms with E-state index >= 15 is 0 Å². The molecule has 80 valence electrons. The Morgan fingerprint density at radius 1 is 1.60 bits per heavy atom. The van der Waals surface area contributed by atoms with Crippen LogP contribution in [0.3, 0.4) is 0 Å². The number of carbonyl (C=O) groups excluding carboxylic acids is 1. The Balaban J connectivity index is 3.22. The van der Waals surface area contributed by atoms with Gasteiger partial charge in [-0.05, 0) is 13.0 Å². The minimum absolute atomic E-state index is 0.126. The number of nitro groups is 1. The van der Waals surface area contributed by atoms with Crippen molar-refractivity contribution in [2.45, 2.75) is 12.3 Å². The summed E-state index contributed by atoms with van der Waals surface area (Å²) in [6, 6.07) is 4.00. The zero-order valence-corrected chi connectivity index (χ0v) is 10.1. The number of hydrogen-bond acceptors (Lipinski definition) is 3. The Morgan fingerprint density at radius 3 is 2.67 bits per heavy atom. The third-order valence-corrected chi connectivity index (χ3v) is 2.68. The minimum atomic E-state index is -0.705. The predicted octanol–water partition coefficient (Wildman–Crippen LogP) is 3.17. The van der Waals surface area contributed by atoms with Crippen molar-refractivity contribution in [3.63, 3.8) is 0 Å². The monoisotopic (exact) mass is 291 g/mol. The molecule has 0 saturated heterocycles. The number of alkyl halides is 1. The van der Waals surface area contributed by atoms with E-state index in [0.717, 1.165) is 0 Å². The summed E-state index contributed by atoms with van der Waals surface area (Å²) in [5.41, 5.74) is 0.102. The molecule has 0 aliphatic rings. The number of carbonyl (C=O) groups is 1. The highest BCUT2D eigenvalue weighted by Crippen LogP contribution is 2.24. The number of hydrogen-bond donors (Lipinski definition) is 0. The molecule has 0 heterocycles. The van der Waals surface area contributed by atoms with Crippen molar-refractivity contribution in [1.29, 1.82) is 0 Å². The lowest BCUT2D eigenvalue weighted by molar-refractivity contribution is -0.384. The molecule has 1 rings (SSSR count). The molecule has 6 heteroatoms. The number of nitro benzene ring substituents is 1. The fourth-order valence-corrected chi connectivity index (χ4v) is 1.59. The van der Waals surface area contributed by atoms with Crippen molar-refractivity contribution in [1.82, 2.24) is 0 Å². The van der Waals surface area contributed by atoms with Crippen LogP contribution >= 0.6 is 27.5 Å². The highest BCUT2D eigenvalue weighted by Gasteiger charge is 2.18. The van der Waals surface area contributed by atoms with E-state index in [1.165, 1.54) is 25.1 Å². The van der Waals surface area contributed by atoms with Crippen LogP contribution in [-0.4, -0.2) is 16.1 Å². The van der Waals surface area contributed by atoms with Gasteiger partial charge in [0.25, 0.3) is 5.69 Å². The SMILES string of the molecule is CC(Cl)C(=O)c1cc([N+](=O)[O-])ccc1Br. The third kappa shape index (κ3) is 2.76. The first kappa shape index (κ1) is 12.1. The van der Waals surface area contributed by atoms with E-state index in [2.05, 4.69) is 15.9 Å². The van der Waals surface area contributed by atoms with Crippen LogP contribution in [0.2, 0.25) is 0 Å². The number of nitrogens with zero attached hydrogens (tertiary/aromatic N) is 1. The van der Waals surface area contributed by atoms with Gasteiger partial charge in [-0.15, -0.1) is 11.6 Å². The van der Waals surface area contributed by atoms with E-state index in [0.29, 0.717) is 4.47 Å². The number of ketones is 1. The van der Waals surface area contributed by atoms with Gasteiger partial charge < -0.3 is 0 Å². The zero-order valence-electron chi connectivity index (χ0n) is 7.74. The molecule has 0 bridgehead atoms. The summed E-state index contributed by atoms with van der Waals surface area (Å²) >= 11 is 8.77. The van der Waals surface area contributed by atoms with Gasteiger partial charge >= 0.3 is 0 Å². The average Bonchev–Trinajstić information content (AvgIpc) is 2.16. The number of non-ortho nitro benzene ring substituents is 1. The molecular weight excluding hydrogens is 285 g/mol. The first-order valence-electron chi connectivity index (χ1n) is 4.05. The van der Waals surface area contributed by atoms with E-state index in [4.69, 9.17) is 11.6 Å². The molecule has 1 unspecified atom stereocenters. The second kappa shape index (κ2) is 4.72. The molecule has 0 saturated carbocycles. The van der Waals surface area contributed by atoms with Gasteiger partial charge in [0.1, 0.15) is 0 Å². The molecule has 0 aliphatic heterocycles. The Labute approximate surface area is 99.5 Å². The van der Waals surface area contributed by atoms with Crippen molar-refractivity contribution in [3.8, 4) is 0 Å². The second-order valence-corrected chi connectivity index (χ2v) is 4.41. The maximum absolute atomic E-state index is 11.6. The molecule has 0 spiro atoms. The maximum Gasteiger partial charge on any atom is 0.270 e. The molecule has 0 aliphatic carbocycles. The molecule has 0 radical (unpaired) electrons. The van der Waals surface area contributed by atoms with E-state index < -0.39 is 10.3 Å². The van der Waals surface area contributed by atoms with Crippen molar-refractivity contribution in [2.24, 2.45) is 0 Å². The summed E-state index contributed by atoms with van der Waals surface area (Å²) in [6.07, 6.45) is 0. The molecular formula is C9H7BrClNO3. The minimum Gasteiger partial charge on any atom is -0.292 e. The molecule has 15 heavy (non-hydrogen) atoms.